The van der Waals surface area contributed by atoms with Crippen LogP contribution in [0.1, 0.15) is 42.9 Å². The number of hydrogen-bond donors (Lipinski definition) is 1. The quantitative estimate of drug-likeness (QED) is 0.818. The van der Waals surface area contributed by atoms with Crippen molar-refractivity contribution in [2.45, 2.75) is 34.6 Å². The molecule has 5 nitrogen and oxygen atoms in total. The third-order valence-corrected chi connectivity index (χ3v) is 4.32. The van der Waals surface area contributed by atoms with Crippen LogP contribution in [-0.2, 0) is 4.74 Å². The smallest absolute Gasteiger partial charge is 0.348 e. The summed E-state index contributed by atoms with van der Waals surface area (Å²) in [5.41, 5.74) is 0.889. The Kier molecular flexibility index (Phi) is 5.34. The molecule has 0 atom stereocenters. The van der Waals surface area contributed by atoms with E-state index in [4.69, 9.17) is 4.74 Å². The molecule has 2 rings (SSSR count). The first-order valence-electron chi connectivity index (χ1n) is 7.55. The number of aromatic nitrogens is 2. The molecule has 0 aromatic carbocycles. The summed E-state index contributed by atoms with van der Waals surface area (Å²) in [5.74, 6) is 1.35. The minimum Gasteiger partial charge on any atom is -0.461 e. The van der Waals surface area contributed by atoms with Gasteiger partial charge in [-0.15, -0.1) is 11.3 Å². The minimum atomic E-state index is -0.274. The van der Waals surface area contributed by atoms with E-state index in [-0.39, 0.29) is 5.97 Å². The van der Waals surface area contributed by atoms with Crippen molar-refractivity contribution in [1.29, 1.82) is 0 Å². The average Bonchev–Trinajstić information content (AvgIpc) is 2.80. The van der Waals surface area contributed by atoms with Crippen molar-refractivity contribution in [2.24, 2.45) is 11.8 Å². The molecule has 0 amide bonds. The second kappa shape index (κ2) is 7.05. The van der Waals surface area contributed by atoms with Crippen molar-refractivity contribution in [3.63, 3.8) is 0 Å². The van der Waals surface area contributed by atoms with Crippen molar-refractivity contribution in [3.8, 4) is 0 Å². The van der Waals surface area contributed by atoms with Gasteiger partial charge in [-0.1, -0.05) is 27.7 Å². The molecular formula is C16H23N3O2S. The first kappa shape index (κ1) is 16.7. The number of esters is 1. The second-order valence-electron chi connectivity index (χ2n) is 6.23. The summed E-state index contributed by atoms with van der Waals surface area (Å²) in [6.45, 7) is 11.5. The van der Waals surface area contributed by atoms with Gasteiger partial charge in [-0.25, -0.2) is 14.8 Å². The van der Waals surface area contributed by atoms with Crippen LogP contribution < -0.4 is 5.32 Å². The summed E-state index contributed by atoms with van der Waals surface area (Å²) >= 11 is 1.37. The lowest BCUT2D eigenvalue weighted by Gasteiger charge is -2.09. The van der Waals surface area contributed by atoms with Crippen LogP contribution in [0, 0.1) is 18.8 Å². The predicted molar refractivity (Wildman–Crippen MR) is 90.6 cm³/mol. The Bertz CT molecular complexity index is 665. The van der Waals surface area contributed by atoms with E-state index in [0.717, 1.165) is 28.1 Å². The molecule has 0 fully saturated rings. The van der Waals surface area contributed by atoms with E-state index in [2.05, 4.69) is 29.1 Å². The first-order chi connectivity index (χ1) is 10.4. The Labute approximate surface area is 135 Å². The molecule has 0 radical (unpaired) electrons. The Morgan fingerprint density at radius 2 is 2.00 bits per heavy atom. The molecule has 0 aliphatic rings. The van der Waals surface area contributed by atoms with Crippen LogP contribution in [0.25, 0.3) is 10.2 Å². The van der Waals surface area contributed by atoms with Crippen molar-refractivity contribution >= 4 is 33.3 Å². The third kappa shape index (κ3) is 3.74. The number of nitrogens with zero attached hydrogens (tertiary/aromatic N) is 2. The lowest BCUT2D eigenvalue weighted by Crippen LogP contribution is -2.10. The highest BCUT2D eigenvalue weighted by atomic mass is 32.1. The van der Waals surface area contributed by atoms with E-state index in [1.807, 2.05) is 20.8 Å². The number of ether oxygens (including phenoxy) is 1. The summed E-state index contributed by atoms with van der Waals surface area (Å²) in [5, 5.41) is 4.25. The fourth-order valence-electron chi connectivity index (χ4n) is 2.01. The normalized spacial score (nSPS) is 11.4. The van der Waals surface area contributed by atoms with Gasteiger partial charge in [-0.05, 0) is 24.3 Å². The molecule has 0 spiro atoms. The summed E-state index contributed by atoms with van der Waals surface area (Å²) in [6, 6.07) is 0. The van der Waals surface area contributed by atoms with Crippen LogP contribution in [0.3, 0.4) is 0 Å². The fourth-order valence-corrected chi connectivity index (χ4v) is 3.05. The van der Waals surface area contributed by atoms with E-state index < -0.39 is 0 Å². The fraction of sp³-hybridized carbons (Fsp3) is 0.562. The monoisotopic (exact) mass is 321 g/mol. The number of fused-ring (bicyclic) bond motifs is 1. The number of nitrogens with one attached hydrogen (secondary N) is 1. The van der Waals surface area contributed by atoms with E-state index >= 15 is 0 Å². The molecule has 0 unspecified atom stereocenters. The Morgan fingerprint density at radius 3 is 2.64 bits per heavy atom. The molecule has 22 heavy (non-hydrogen) atoms. The first-order valence-corrected chi connectivity index (χ1v) is 8.36. The van der Waals surface area contributed by atoms with Gasteiger partial charge < -0.3 is 10.1 Å². The van der Waals surface area contributed by atoms with Gasteiger partial charge >= 0.3 is 5.97 Å². The number of rotatable bonds is 6. The molecule has 2 heterocycles. The zero-order valence-electron chi connectivity index (χ0n) is 13.8. The van der Waals surface area contributed by atoms with Crippen LogP contribution in [-0.4, -0.2) is 29.1 Å². The molecule has 0 aliphatic carbocycles. The molecule has 1 N–H and O–H groups in total. The standard InChI is InChI=1S/C16H23N3O2S/c1-9(2)6-17-14-12-11(5)13(16(20)21-7-10(3)4)22-15(12)19-8-18-14/h8-10H,6-7H2,1-5H3,(H,17,18,19). The maximum Gasteiger partial charge on any atom is 0.348 e. The zero-order chi connectivity index (χ0) is 16.3. The van der Waals surface area contributed by atoms with Crippen LogP contribution >= 0.6 is 11.3 Å². The topological polar surface area (TPSA) is 64.1 Å². The van der Waals surface area contributed by atoms with Crippen LogP contribution in [0.4, 0.5) is 5.82 Å². The third-order valence-electron chi connectivity index (χ3n) is 3.14. The molecule has 0 bridgehead atoms. The van der Waals surface area contributed by atoms with Gasteiger partial charge in [-0.3, -0.25) is 0 Å². The maximum absolute atomic E-state index is 12.2. The number of aryl methyl sites for hydroxylation is 1. The van der Waals surface area contributed by atoms with E-state index in [0.29, 0.717) is 23.3 Å². The van der Waals surface area contributed by atoms with Crippen LogP contribution in [0.15, 0.2) is 6.33 Å². The lowest BCUT2D eigenvalue weighted by atomic mass is 10.2. The number of carbonyl (C=O) groups is 1. The minimum absolute atomic E-state index is 0.274. The van der Waals surface area contributed by atoms with Gasteiger partial charge in [0, 0.05) is 6.54 Å². The summed E-state index contributed by atoms with van der Waals surface area (Å²) in [7, 11) is 0. The molecule has 120 valence electrons. The van der Waals surface area contributed by atoms with Gasteiger partial charge in [0.1, 0.15) is 21.9 Å². The highest BCUT2D eigenvalue weighted by Gasteiger charge is 2.20. The summed E-state index contributed by atoms with van der Waals surface area (Å²) in [6.07, 6.45) is 1.53. The number of carbonyl (C=O) groups excluding carboxylic acids is 1. The van der Waals surface area contributed by atoms with Gasteiger partial charge in [0.2, 0.25) is 0 Å². The Balaban J connectivity index is 2.32. The number of thiophene rings is 1. The van der Waals surface area contributed by atoms with Gasteiger partial charge in [0.05, 0.1) is 12.0 Å². The predicted octanol–water partition coefficient (Wildman–Crippen LogP) is 3.88. The van der Waals surface area contributed by atoms with E-state index in [1.165, 1.54) is 17.7 Å². The SMILES string of the molecule is Cc1c(C(=O)OCC(C)C)sc2ncnc(NCC(C)C)c12. The molecule has 0 saturated heterocycles. The average molecular weight is 321 g/mol. The van der Waals surface area contributed by atoms with Crippen LogP contribution in [0.5, 0.6) is 0 Å². The lowest BCUT2D eigenvalue weighted by molar-refractivity contribution is 0.0464. The highest BCUT2D eigenvalue weighted by Crippen LogP contribution is 2.33. The van der Waals surface area contributed by atoms with Crippen molar-refractivity contribution < 1.29 is 9.53 Å². The molecule has 2 aromatic rings. The van der Waals surface area contributed by atoms with Gasteiger partial charge in [-0.2, -0.15) is 0 Å². The van der Waals surface area contributed by atoms with Crippen LogP contribution in [0.2, 0.25) is 0 Å². The molecule has 0 saturated carbocycles. The number of hydrogen-bond acceptors (Lipinski definition) is 6. The van der Waals surface area contributed by atoms with Crippen molar-refractivity contribution in [1.82, 2.24) is 9.97 Å². The number of anilines is 1. The largest absolute Gasteiger partial charge is 0.461 e. The maximum atomic E-state index is 12.2. The summed E-state index contributed by atoms with van der Waals surface area (Å²) < 4.78 is 5.34. The molecular weight excluding hydrogens is 298 g/mol. The molecule has 2 aromatic heterocycles. The Hall–Kier alpha value is -1.69. The van der Waals surface area contributed by atoms with Crippen molar-refractivity contribution in [2.75, 3.05) is 18.5 Å². The van der Waals surface area contributed by atoms with E-state index in [9.17, 15) is 4.79 Å². The molecule has 6 heteroatoms. The Morgan fingerprint density at radius 1 is 1.27 bits per heavy atom. The van der Waals surface area contributed by atoms with Gasteiger partial charge in [0.15, 0.2) is 0 Å². The van der Waals surface area contributed by atoms with Crippen molar-refractivity contribution in [3.05, 3.63) is 16.8 Å². The van der Waals surface area contributed by atoms with E-state index in [1.54, 1.807) is 0 Å². The zero-order valence-corrected chi connectivity index (χ0v) is 14.6. The molecule has 0 aliphatic heterocycles. The highest BCUT2D eigenvalue weighted by molar-refractivity contribution is 7.20. The summed E-state index contributed by atoms with van der Waals surface area (Å²) in [4.78, 5) is 22.3. The second-order valence-corrected chi connectivity index (χ2v) is 7.22. The van der Waals surface area contributed by atoms with Gasteiger partial charge in [0.25, 0.3) is 0 Å².